The molecule has 0 aromatic heterocycles. The summed E-state index contributed by atoms with van der Waals surface area (Å²) in [6.07, 6.45) is 1.16. The Morgan fingerprint density at radius 1 is 1.17 bits per heavy atom. The van der Waals surface area contributed by atoms with Gasteiger partial charge in [-0.15, -0.1) is 0 Å². The van der Waals surface area contributed by atoms with Crippen LogP contribution in [0.25, 0.3) is 0 Å². The number of rotatable bonds is 4. The molecule has 0 saturated heterocycles. The van der Waals surface area contributed by atoms with Gasteiger partial charge >= 0.3 is 5.97 Å². The van der Waals surface area contributed by atoms with E-state index in [1.54, 1.807) is 24.3 Å². The third kappa shape index (κ3) is 3.42. The average Bonchev–Trinajstić information content (AvgIpc) is 2.56. The predicted molar refractivity (Wildman–Crippen MR) is 85.7 cm³/mol. The van der Waals surface area contributed by atoms with Gasteiger partial charge in [0.2, 0.25) is 0 Å². The number of Topliss-reactive ketones (excluding diaryl/α,β-unsaturated/α-hetero) is 1. The lowest BCUT2D eigenvalue weighted by atomic mass is 9.96. The van der Waals surface area contributed by atoms with Crippen LogP contribution in [0.3, 0.4) is 0 Å². The van der Waals surface area contributed by atoms with Gasteiger partial charge in [-0.2, -0.15) is 0 Å². The van der Waals surface area contributed by atoms with Crippen molar-refractivity contribution in [3.8, 4) is 11.5 Å². The van der Waals surface area contributed by atoms with Crippen LogP contribution >= 0.6 is 0 Å². The van der Waals surface area contributed by atoms with E-state index in [1.165, 1.54) is 0 Å². The number of carbonyl (C=O) groups is 2. The Labute approximate surface area is 135 Å². The summed E-state index contributed by atoms with van der Waals surface area (Å²) < 4.78 is 11.1. The van der Waals surface area contributed by atoms with Gasteiger partial charge in [-0.1, -0.05) is 31.2 Å². The van der Waals surface area contributed by atoms with Crippen LogP contribution < -0.4 is 9.47 Å². The van der Waals surface area contributed by atoms with E-state index < -0.39 is 0 Å². The fraction of sp³-hybridized carbons (Fsp3) is 0.263. The number of fused-ring (bicyclic) bond motifs is 1. The molecule has 1 atom stereocenters. The van der Waals surface area contributed by atoms with Crippen molar-refractivity contribution in [1.82, 2.24) is 0 Å². The van der Waals surface area contributed by atoms with Crippen LogP contribution in [0, 0.1) is 0 Å². The second-order valence-corrected chi connectivity index (χ2v) is 5.52. The molecule has 0 bridgehead atoms. The van der Waals surface area contributed by atoms with Gasteiger partial charge in [-0.25, -0.2) is 0 Å². The highest BCUT2D eigenvalue weighted by Crippen LogP contribution is 2.35. The molecule has 0 radical (unpaired) electrons. The van der Waals surface area contributed by atoms with Gasteiger partial charge < -0.3 is 9.47 Å². The van der Waals surface area contributed by atoms with E-state index in [0.717, 1.165) is 12.0 Å². The van der Waals surface area contributed by atoms with E-state index >= 15 is 0 Å². The number of carbonyl (C=O) groups excluding carboxylic acids is 2. The minimum absolute atomic E-state index is 0.0790. The summed E-state index contributed by atoms with van der Waals surface area (Å²) in [6, 6.07) is 14.4. The molecule has 1 aliphatic heterocycles. The van der Waals surface area contributed by atoms with Gasteiger partial charge in [0, 0.05) is 6.42 Å². The molecule has 0 N–H and O–H groups in total. The molecule has 4 heteroatoms. The first-order valence-corrected chi connectivity index (χ1v) is 7.77. The Morgan fingerprint density at radius 3 is 2.65 bits per heavy atom. The molecule has 2 aromatic carbocycles. The molecule has 4 nitrogen and oxygen atoms in total. The second-order valence-electron chi connectivity index (χ2n) is 5.52. The zero-order valence-electron chi connectivity index (χ0n) is 13.0. The highest BCUT2D eigenvalue weighted by Gasteiger charge is 2.27. The van der Waals surface area contributed by atoms with Crippen molar-refractivity contribution in [3.05, 3.63) is 59.7 Å². The van der Waals surface area contributed by atoms with Crippen molar-refractivity contribution in [2.45, 2.75) is 32.3 Å². The van der Waals surface area contributed by atoms with E-state index in [4.69, 9.17) is 9.47 Å². The van der Waals surface area contributed by atoms with Crippen LogP contribution in [-0.2, 0) is 4.79 Å². The Hall–Kier alpha value is -2.62. The summed E-state index contributed by atoms with van der Waals surface area (Å²) in [5.74, 6) is 0.968. The number of hydrogen-bond acceptors (Lipinski definition) is 4. The van der Waals surface area contributed by atoms with Gasteiger partial charge in [0.15, 0.2) is 5.78 Å². The molecule has 0 unspecified atom stereocenters. The van der Waals surface area contributed by atoms with Crippen molar-refractivity contribution in [2.24, 2.45) is 0 Å². The maximum Gasteiger partial charge on any atom is 0.311 e. The van der Waals surface area contributed by atoms with E-state index in [0.29, 0.717) is 29.9 Å². The van der Waals surface area contributed by atoms with Crippen LogP contribution in [0.15, 0.2) is 48.5 Å². The lowest BCUT2D eigenvalue weighted by molar-refractivity contribution is -0.134. The first kappa shape index (κ1) is 15.3. The van der Waals surface area contributed by atoms with Gasteiger partial charge in [-0.3, -0.25) is 9.59 Å². The molecule has 0 aliphatic carbocycles. The second kappa shape index (κ2) is 6.65. The Balaban J connectivity index is 1.73. The summed E-state index contributed by atoms with van der Waals surface area (Å²) in [6.45, 7) is 1.93. The van der Waals surface area contributed by atoms with E-state index in [9.17, 15) is 9.59 Å². The van der Waals surface area contributed by atoms with Crippen LogP contribution in [-0.4, -0.2) is 11.8 Å². The van der Waals surface area contributed by atoms with Crippen molar-refractivity contribution in [2.75, 3.05) is 0 Å². The summed E-state index contributed by atoms with van der Waals surface area (Å²) in [5.41, 5.74) is 1.53. The standard InChI is InChI=1S/C19H18O4/c1-2-5-19(21)22-14-10-8-13(9-11-14)18-12-16(20)15-6-3-4-7-17(15)23-18/h3-4,6-11,18H,2,5,12H2,1H3/t18-/m0/s1. The molecule has 0 amide bonds. The maximum atomic E-state index is 12.2. The fourth-order valence-corrected chi connectivity index (χ4v) is 2.60. The van der Waals surface area contributed by atoms with E-state index in [2.05, 4.69) is 0 Å². The van der Waals surface area contributed by atoms with Crippen molar-refractivity contribution >= 4 is 11.8 Å². The van der Waals surface area contributed by atoms with Crippen LogP contribution in [0.1, 0.15) is 48.2 Å². The lowest BCUT2D eigenvalue weighted by Gasteiger charge is -2.25. The van der Waals surface area contributed by atoms with Crippen LogP contribution in [0.2, 0.25) is 0 Å². The molecule has 1 heterocycles. The molecule has 3 rings (SSSR count). The zero-order chi connectivity index (χ0) is 16.2. The summed E-state index contributed by atoms with van der Waals surface area (Å²) >= 11 is 0. The molecule has 0 saturated carbocycles. The first-order chi connectivity index (χ1) is 11.2. The van der Waals surface area contributed by atoms with Gasteiger partial charge in [0.05, 0.1) is 12.0 Å². The lowest BCUT2D eigenvalue weighted by Crippen LogP contribution is -2.20. The highest BCUT2D eigenvalue weighted by atomic mass is 16.5. The fourth-order valence-electron chi connectivity index (χ4n) is 2.60. The minimum atomic E-state index is -0.308. The Kier molecular flexibility index (Phi) is 4.42. The molecular formula is C19H18O4. The number of benzene rings is 2. The van der Waals surface area contributed by atoms with E-state index in [1.807, 2.05) is 31.2 Å². The molecule has 118 valence electrons. The van der Waals surface area contributed by atoms with Gasteiger partial charge in [0.1, 0.15) is 17.6 Å². The average molecular weight is 310 g/mol. The number of para-hydroxylation sites is 1. The molecular weight excluding hydrogens is 292 g/mol. The van der Waals surface area contributed by atoms with E-state index in [-0.39, 0.29) is 17.9 Å². The Morgan fingerprint density at radius 2 is 1.91 bits per heavy atom. The van der Waals surface area contributed by atoms with Gasteiger partial charge in [-0.05, 0) is 36.2 Å². The summed E-state index contributed by atoms with van der Waals surface area (Å²) in [7, 11) is 0. The molecule has 0 fully saturated rings. The predicted octanol–water partition coefficient (Wildman–Crippen LogP) is 4.10. The smallest absolute Gasteiger partial charge is 0.311 e. The van der Waals surface area contributed by atoms with Crippen molar-refractivity contribution in [3.63, 3.8) is 0 Å². The van der Waals surface area contributed by atoms with Crippen molar-refractivity contribution < 1.29 is 19.1 Å². The third-order valence-corrected chi connectivity index (χ3v) is 3.77. The topological polar surface area (TPSA) is 52.6 Å². The normalized spacial score (nSPS) is 16.4. The molecule has 1 aliphatic rings. The highest BCUT2D eigenvalue weighted by molar-refractivity contribution is 5.99. The zero-order valence-corrected chi connectivity index (χ0v) is 13.0. The molecule has 0 spiro atoms. The third-order valence-electron chi connectivity index (χ3n) is 3.77. The van der Waals surface area contributed by atoms with Crippen LogP contribution in [0.5, 0.6) is 11.5 Å². The Bertz CT molecular complexity index is 718. The molecule has 23 heavy (non-hydrogen) atoms. The number of esters is 1. The van der Waals surface area contributed by atoms with Crippen molar-refractivity contribution in [1.29, 1.82) is 0 Å². The minimum Gasteiger partial charge on any atom is -0.484 e. The first-order valence-electron chi connectivity index (χ1n) is 7.77. The molecule has 2 aromatic rings. The number of ether oxygens (including phenoxy) is 2. The SMILES string of the molecule is CCCC(=O)Oc1ccc([C@@H]2CC(=O)c3ccccc3O2)cc1. The van der Waals surface area contributed by atoms with Gasteiger partial charge in [0.25, 0.3) is 0 Å². The number of hydrogen-bond donors (Lipinski definition) is 0. The maximum absolute atomic E-state index is 12.2. The quantitative estimate of drug-likeness (QED) is 0.630. The van der Waals surface area contributed by atoms with Crippen LogP contribution in [0.4, 0.5) is 0 Å². The summed E-state index contributed by atoms with van der Waals surface area (Å²) in [5, 5.41) is 0. The summed E-state index contributed by atoms with van der Waals surface area (Å²) in [4.78, 5) is 23.7. The monoisotopic (exact) mass is 310 g/mol. The number of ketones is 1. The largest absolute Gasteiger partial charge is 0.484 e.